The number of carbonyl (C=O) groups excluding carboxylic acids is 1. The predicted molar refractivity (Wildman–Crippen MR) is 84.6 cm³/mol. The van der Waals surface area contributed by atoms with E-state index in [0.29, 0.717) is 25.4 Å². The standard InChI is InChI=1S/C16H15ClFN3O3/c17-14-13(4-2-5-19-14)24-10-11-9-21(7-8-23-11)16(22)12-3-1-6-20-15(12)18/h1-6,11H,7-10H2. The molecule has 1 aliphatic heterocycles. The van der Waals surface area contributed by atoms with E-state index in [1.165, 1.54) is 23.2 Å². The molecule has 2 aromatic heterocycles. The van der Waals surface area contributed by atoms with Crippen LogP contribution >= 0.6 is 11.6 Å². The molecule has 0 saturated carbocycles. The summed E-state index contributed by atoms with van der Waals surface area (Å²) in [6.07, 6.45) is 2.54. The number of amides is 1. The van der Waals surface area contributed by atoms with Gasteiger partial charge in [0.1, 0.15) is 12.7 Å². The van der Waals surface area contributed by atoms with E-state index in [9.17, 15) is 9.18 Å². The molecule has 3 heterocycles. The van der Waals surface area contributed by atoms with Gasteiger partial charge in [0.2, 0.25) is 5.95 Å². The highest BCUT2D eigenvalue weighted by molar-refractivity contribution is 6.30. The number of hydrogen-bond donors (Lipinski definition) is 0. The van der Waals surface area contributed by atoms with E-state index in [2.05, 4.69) is 9.97 Å². The average molecular weight is 352 g/mol. The lowest BCUT2D eigenvalue weighted by atomic mass is 10.2. The predicted octanol–water partition coefficient (Wildman–Crippen LogP) is 2.19. The zero-order chi connectivity index (χ0) is 16.9. The van der Waals surface area contributed by atoms with Crippen LogP contribution in [-0.4, -0.2) is 53.2 Å². The van der Waals surface area contributed by atoms with Crippen LogP contribution in [0, 0.1) is 5.95 Å². The van der Waals surface area contributed by atoms with Crippen molar-refractivity contribution in [2.45, 2.75) is 6.10 Å². The average Bonchev–Trinajstić information content (AvgIpc) is 2.61. The quantitative estimate of drug-likeness (QED) is 0.790. The summed E-state index contributed by atoms with van der Waals surface area (Å²) in [7, 11) is 0. The molecule has 126 valence electrons. The molecule has 1 saturated heterocycles. The molecule has 3 rings (SSSR count). The third-order valence-corrected chi connectivity index (χ3v) is 3.85. The highest BCUT2D eigenvalue weighted by Gasteiger charge is 2.27. The molecule has 24 heavy (non-hydrogen) atoms. The van der Waals surface area contributed by atoms with E-state index in [0.717, 1.165) is 0 Å². The number of nitrogens with zero attached hydrogens (tertiary/aromatic N) is 3. The van der Waals surface area contributed by atoms with E-state index in [4.69, 9.17) is 21.1 Å². The van der Waals surface area contributed by atoms with Crippen molar-refractivity contribution in [3.05, 3.63) is 53.3 Å². The SMILES string of the molecule is O=C(c1cccnc1F)N1CCOC(COc2cccnc2Cl)C1. The van der Waals surface area contributed by atoms with Crippen LogP contribution in [0.3, 0.4) is 0 Å². The first-order chi connectivity index (χ1) is 11.6. The molecule has 8 heteroatoms. The molecule has 0 N–H and O–H groups in total. The maximum absolute atomic E-state index is 13.7. The van der Waals surface area contributed by atoms with Crippen LogP contribution in [0.1, 0.15) is 10.4 Å². The Bertz CT molecular complexity index is 731. The van der Waals surface area contributed by atoms with Crippen molar-refractivity contribution in [2.24, 2.45) is 0 Å². The monoisotopic (exact) mass is 351 g/mol. The van der Waals surface area contributed by atoms with Crippen LogP contribution in [-0.2, 0) is 4.74 Å². The van der Waals surface area contributed by atoms with Gasteiger partial charge in [-0.1, -0.05) is 11.6 Å². The topological polar surface area (TPSA) is 64.6 Å². The Balaban J connectivity index is 1.61. The van der Waals surface area contributed by atoms with E-state index in [1.54, 1.807) is 18.3 Å². The molecular weight excluding hydrogens is 337 g/mol. The van der Waals surface area contributed by atoms with Gasteiger partial charge in [-0.05, 0) is 24.3 Å². The molecule has 0 aliphatic carbocycles. The first kappa shape index (κ1) is 16.6. The largest absolute Gasteiger partial charge is 0.488 e. The Morgan fingerprint density at radius 3 is 2.96 bits per heavy atom. The number of pyridine rings is 2. The second-order valence-corrected chi connectivity index (χ2v) is 5.55. The zero-order valence-electron chi connectivity index (χ0n) is 12.7. The van der Waals surface area contributed by atoms with Gasteiger partial charge in [-0.15, -0.1) is 0 Å². The number of carbonyl (C=O) groups is 1. The molecule has 1 amide bonds. The normalized spacial score (nSPS) is 17.6. The molecule has 6 nitrogen and oxygen atoms in total. The van der Waals surface area contributed by atoms with Gasteiger partial charge < -0.3 is 14.4 Å². The molecule has 2 aromatic rings. The first-order valence-corrected chi connectivity index (χ1v) is 7.77. The van der Waals surface area contributed by atoms with Crippen LogP contribution in [0.15, 0.2) is 36.7 Å². The Morgan fingerprint density at radius 2 is 2.17 bits per heavy atom. The lowest BCUT2D eigenvalue weighted by molar-refractivity contribution is -0.0402. The van der Waals surface area contributed by atoms with E-state index in [-0.39, 0.29) is 23.4 Å². The summed E-state index contributed by atoms with van der Waals surface area (Å²) >= 11 is 5.93. The van der Waals surface area contributed by atoms with E-state index >= 15 is 0 Å². The second-order valence-electron chi connectivity index (χ2n) is 5.19. The number of ether oxygens (including phenoxy) is 2. The Morgan fingerprint density at radius 1 is 1.38 bits per heavy atom. The molecule has 1 fully saturated rings. The fourth-order valence-electron chi connectivity index (χ4n) is 2.38. The maximum atomic E-state index is 13.7. The third kappa shape index (κ3) is 3.80. The first-order valence-electron chi connectivity index (χ1n) is 7.40. The van der Waals surface area contributed by atoms with Gasteiger partial charge in [0.25, 0.3) is 5.91 Å². The summed E-state index contributed by atoms with van der Waals surface area (Å²) in [5.74, 6) is -0.734. The van der Waals surface area contributed by atoms with Crippen molar-refractivity contribution in [2.75, 3.05) is 26.3 Å². The van der Waals surface area contributed by atoms with E-state index < -0.39 is 11.9 Å². The molecule has 1 atom stereocenters. The lowest BCUT2D eigenvalue weighted by Crippen LogP contribution is -2.47. The van der Waals surface area contributed by atoms with Gasteiger partial charge in [0, 0.05) is 18.9 Å². The minimum absolute atomic E-state index is 0.0469. The number of rotatable bonds is 4. The molecule has 0 spiro atoms. The van der Waals surface area contributed by atoms with Crippen LogP contribution in [0.2, 0.25) is 5.15 Å². The molecule has 0 bridgehead atoms. The number of aromatic nitrogens is 2. The molecular formula is C16H15ClFN3O3. The van der Waals surface area contributed by atoms with Crippen LogP contribution in [0.25, 0.3) is 0 Å². The van der Waals surface area contributed by atoms with Crippen molar-refractivity contribution >= 4 is 17.5 Å². The fraction of sp³-hybridized carbons (Fsp3) is 0.312. The van der Waals surface area contributed by atoms with Gasteiger partial charge in [0.05, 0.1) is 18.7 Å². The van der Waals surface area contributed by atoms with Crippen molar-refractivity contribution in [1.82, 2.24) is 14.9 Å². The molecule has 1 unspecified atom stereocenters. The van der Waals surface area contributed by atoms with Gasteiger partial charge in [-0.3, -0.25) is 4.79 Å². The second kappa shape index (κ2) is 7.55. The van der Waals surface area contributed by atoms with Crippen molar-refractivity contribution in [1.29, 1.82) is 0 Å². The summed E-state index contributed by atoms with van der Waals surface area (Å²) in [6.45, 7) is 1.25. The van der Waals surface area contributed by atoms with Crippen molar-refractivity contribution in [3.63, 3.8) is 0 Å². The zero-order valence-corrected chi connectivity index (χ0v) is 13.4. The van der Waals surface area contributed by atoms with Gasteiger partial charge in [-0.2, -0.15) is 4.39 Å². The highest BCUT2D eigenvalue weighted by atomic mass is 35.5. The molecule has 1 aliphatic rings. The summed E-state index contributed by atoms with van der Waals surface area (Å²) in [6, 6.07) is 6.36. The Hall–Kier alpha value is -2.25. The maximum Gasteiger partial charge on any atom is 0.258 e. The van der Waals surface area contributed by atoms with Crippen molar-refractivity contribution < 1.29 is 18.7 Å². The third-order valence-electron chi connectivity index (χ3n) is 3.57. The Labute approximate surface area is 143 Å². The summed E-state index contributed by atoms with van der Waals surface area (Å²) < 4.78 is 24.9. The lowest BCUT2D eigenvalue weighted by Gasteiger charge is -2.32. The summed E-state index contributed by atoms with van der Waals surface area (Å²) in [4.78, 5) is 21.4. The molecule has 0 aromatic carbocycles. The van der Waals surface area contributed by atoms with Gasteiger partial charge in [0.15, 0.2) is 10.9 Å². The van der Waals surface area contributed by atoms with Crippen LogP contribution < -0.4 is 4.74 Å². The smallest absolute Gasteiger partial charge is 0.258 e. The van der Waals surface area contributed by atoms with Crippen LogP contribution in [0.5, 0.6) is 5.75 Å². The molecule has 0 radical (unpaired) electrons. The van der Waals surface area contributed by atoms with E-state index in [1.807, 2.05) is 0 Å². The van der Waals surface area contributed by atoms with Crippen molar-refractivity contribution in [3.8, 4) is 5.75 Å². The van der Waals surface area contributed by atoms with Gasteiger partial charge >= 0.3 is 0 Å². The number of hydrogen-bond acceptors (Lipinski definition) is 5. The Kier molecular flexibility index (Phi) is 5.22. The summed E-state index contributed by atoms with van der Waals surface area (Å²) in [5, 5.41) is 0.263. The minimum Gasteiger partial charge on any atom is -0.488 e. The minimum atomic E-state index is -0.774. The number of halogens is 2. The summed E-state index contributed by atoms with van der Waals surface area (Å²) in [5.41, 5.74) is -0.0469. The van der Waals surface area contributed by atoms with Crippen LogP contribution in [0.4, 0.5) is 4.39 Å². The highest BCUT2D eigenvalue weighted by Crippen LogP contribution is 2.21. The number of morpholine rings is 1. The van der Waals surface area contributed by atoms with Gasteiger partial charge in [-0.25, -0.2) is 9.97 Å². The fourth-order valence-corrected chi connectivity index (χ4v) is 2.56.